The van der Waals surface area contributed by atoms with Crippen molar-refractivity contribution < 1.29 is 9.90 Å². The van der Waals surface area contributed by atoms with Crippen molar-refractivity contribution in [1.82, 2.24) is 10.2 Å². The Labute approximate surface area is 91.6 Å². The minimum absolute atomic E-state index is 0.0929. The van der Waals surface area contributed by atoms with Gasteiger partial charge in [-0.2, -0.15) is 0 Å². The van der Waals surface area contributed by atoms with Gasteiger partial charge in [-0.25, -0.2) is 0 Å². The van der Waals surface area contributed by atoms with Gasteiger partial charge < -0.3 is 15.3 Å². The molecule has 0 radical (unpaired) electrons. The van der Waals surface area contributed by atoms with Crippen molar-refractivity contribution in [1.29, 1.82) is 0 Å². The van der Waals surface area contributed by atoms with Crippen molar-refractivity contribution in [2.45, 2.75) is 31.8 Å². The van der Waals surface area contributed by atoms with E-state index in [1.165, 1.54) is 0 Å². The first-order valence-electron chi connectivity index (χ1n) is 5.68. The molecule has 1 saturated carbocycles. The first-order valence-corrected chi connectivity index (χ1v) is 5.68. The van der Waals surface area contributed by atoms with Crippen LogP contribution in [-0.2, 0) is 4.79 Å². The second-order valence-corrected chi connectivity index (χ2v) is 4.59. The van der Waals surface area contributed by atoms with Crippen molar-refractivity contribution in [2.75, 3.05) is 27.2 Å². The largest absolute Gasteiger partial charge is 0.393 e. The van der Waals surface area contributed by atoms with Gasteiger partial charge in [-0.05, 0) is 38.1 Å². The van der Waals surface area contributed by atoms with Crippen LogP contribution < -0.4 is 5.32 Å². The van der Waals surface area contributed by atoms with E-state index in [0.29, 0.717) is 12.5 Å². The maximum absolute atomic E-state index is 11.3. The fourth-order valence-electron chi connectivity index (χ4n) is 1.89. The average molecular weight is 214 g/mol. The van der Waals surface area contributed by atoms with Crippen molar-refractivity contribution in [3.63, 3.8) is 0 Å². The molecule has 1 fully saturated rings. The summed E-state index contributed by atoms with van der Waals surface area (Å²) < 4.78 is 0. The highest BCUT2D eigenvalue weighted by atomic mass is 16.3. The van der Waals surface area contributed by atoms with Crippen LogP contribution >= 0.6 is 0 Å². The minimum Gasteiger partial charge on any atom is -0.393 e. The van der Waals surface area contributed by atoms with E-state index >= 15 is 0 Å². The Kier molecular flexibility index (Phi) is 5.05. The Morgan fingerprint density at radius 3 is 2.47 bits per heavy atom. The monoisotopic (exact) mass is 214 g/mol. The molecule has 0 unspecified atom stereocenters. The molecule has 4 heteroatoms. The van der Waals surface area contributed by atoms with Gasteiger partial charge in [0.1, 0.15) is 0 Å². The topological polar surface area (TPSA) is 52.6 Å². The molecule has 1 rings (SSSR count). The molecule has 1 aliphatic rings. The van der Waals surface area contributed by atoms with E-state index in [2.05, 4.69) is 5.32 Å². The second kappa shape index (κ2) is 6.08. The van der Waals surface area contributed by atoms with Crippen LogP contribution in [0.5, 0.6) is 0 Å². The highest BCUT2D eigenvalue weighted by Gasteiger charge is 2.19. The van der Waals surface area contributed by atoms with Gasteiger partial charge in [0.15, 0.2) is 0 Å². The zero-order valence-corrected chi connectivity index (χ0v) is 9.70. The lowest BCUT2D eigenvalue weighted by atomic mass is 9.87. The number of aliphatic hydroxyl groups is 1. The SMILES string of the molecule is CN(C)C(=O)CNCC1CCC(O)CC1. The molecular formula is C11H22N2O2. The molecule has 0 spiro atoms. The molecule has 0 aliphatic heterocycles. The number of aliphatic hydroxyl groups excluding tert-OH is 1. The molecule has 15 heavy (non-hydrogen) atoms. The summed E-state index contributed by atoms with van der Waals surface area (Å²) in [4.78, 5) is 12.9. The van der Waals surface area contributed by atoms with Gasteiger partial charge in [-0.1, -0.05) is 0 Å². The van der Waals surface area contributed by atoms with Gasteiger partial charge in [-0.3, -0.25) is 4.79 Å². The Morgan fingerprint density at radius 1 is 1.33 bits per heavy atom. The maximum atomic E-state index is 11.3. The number of likely N-dealkylation sites (N-methyl/N-ethyl adjacent to an activating group) is 1. The molecule has 2 N–H and O–H groups in total. The van der Waals surface area contributed by atoms with Crippen LogP contribution in [0, 0.1) is 5.92 Å². The molecule has 0 aromatic carbocycles. The summed E-state index contributed by atoms with van der Waals surface area (Å²) in [6.45, 7) is 1.32. The number of nitrogens with zero attached hydrogens (tertiary/aromatic N) is 1. The molecule has 88 valence electrons. The molecule has 1 aliphatic carbocycles. The third-order valence-electron chi connectivity index (χ3n) is 3.02. The highest BCUT2D eigenvalue weighted by molar-refractivity contribution is 5.77. The van der Waals surface area contributed by atoms with Crippen LogP contribution in [0.25, 0.3) is 0 Å². The molecule has 0 aromatic rings. The van der Waals surface area contributed by atoms with Crippen molar-refractivity contribution in [3.8, 4) is 0 Å². The van der Waals surface area contributed by atoms with Crippen molar-refractivity contribution in [2.24, 2.45) is 5.92 Å². The number of rotatable bonds is 4. The van der Waals surface area contributed by atoms with E-state index in [1.807, 2.05) is 0 Å². The lowest BCUT2D eigenvalue weighted by Gasteiger charge is -2.25. The normalized spacial score (nSPS) is 26.3. The van der Waals surface area contributed by atoms with Gasteiger partial charge in [0, 0.05) is 14.1 Å². The molecule has 0 atom stereocenters. The smallest absolute Gasteiger partial charge is 0.236 e. The molecule has 0 saturated heterocycles. The van der Waals surface area contributed by atoms with Gasteiger partial charge in [-0.15, -0.1) is 0 Å². The van der Waals surface area contributed by atoms with Crippen molar-refractivity contribution >= 4 is 5.91 Å². The number of amides is 1. The summed E-state index contributed by atoms with van der Waals surface area (Å²) in [5.74, 6) is 0.745. The number of carbonyl (C=O) groups is 1. The van der Waals surface area contributed by atoms with Crippen molar-refractivity contribution in [3.05, 3.63) is 0 Å². The molecule has 0 heterocycles. The third kappa shape index (κ3) is 4.62. The van der Waals surface area contributed by atoms with E-state index in [0.717, 1.165) is 32.2 Å². The summed E-state index contributed by atoms with van der Waals surface area (Å²) in [5, 5.41) is 12.5. The van der Waals surface area contributed by atoms with Crippen LogP contribution in [0.2, 0.25) is 0 Å². The molecule has 0 bridgehead atoms. The van der Waals surface area contributed by atoms with E-state index in [-0.39, 0.29) is 12.0 Å². The Balaban J connectivity index is 2.08. The van der Waals surface area contributed by atoms with E-state index < -0.39 is 0 Å². The summed E-state index contributed by atoms with van der Waals surface area (Å²) in [6, 6.07) is 0. The zero-order valence-electron chi connectivity index (χ0n) is 9.70. The number of hydrogen-bond donors (Lipinski definition) is 2. The average Bonchev–Trinajstić information content (AvgIpc) is 2.20. The standard InChI is InChI=1S/C11H22N2O2/c1-13(2)11(15)8-12-7-9-3-5-10(14)6-4-9/h9-10,12,14H,3-8H2,1-2H3. The summed E-state index contributed by atoms with van der Waals surface area (Å²) in [7, 11) is 3.53. The van der Waals surface area contributed by atoms with Crippen LogP contribution in [-0.4, -0.2) is 49.2 Å². The lowest BCUT2D eigenvalue weighted by molar-refractivity contribution is -0.127. The highest BCUT2D eigenvalue weighted by Crippen LogP contribution is 2.23. The molecular weight excluding hydrogens is 192 g/mol. The van der Waals surface area contributed by atoms with E-state index in [4.69, 9.17) is 0 Å². The molecule has 1 amide bonds. The zero-order chi connectivity index (χ0) is 11.3. The number of hydrogen-bond acceptors (Lipinski definition) is 3. The van der Waals surface area contributed by atoms with Gasteiger partial charge in [0.25, 0.3) is 0 Å². The van der Waals surface area contributed by atoms with Crippen LogP contribution in [0.3, 0.4) is 0 Å². The van der Waals surface area contributed by atoms with Crippen LogP contribution in [0.1, 0.15) is 25.7 Å². The Morgan fingerprint density at radius 2 is 1.93 bits per heavy atom. The fraction of sp³-hybridized carbons (Fsp3) is 0.909. The predicted octanol–water partition coefficient (Wildman–Crippen LogP) is 0.215. The van der Waals surface area contributed by atoms with Crippen LogP contribution in [0.4, 0.5) is 0 Å². The fourth-order valence-corrected chi connectivity index (χ4v) is 1.89. The predicted molar refractivity (Wildman–Crippen MR) is 59.5 cm³/mol. The minimum atomic E-state index is -0.0929. The molecule has 0 aromatic heterocycles. The first kappa shape index (κ1) is 12.5. The first-order chi connectivity index (χ1) is 7.09. The third-order valence-corrected chi connectivity index (χ3v) is 3.02. The van der Waals surface area contributed by atoms with Gasteiger partial charge in [0.2, 0.25) is 5.91 Å². The summed E-state index contributed by atoms with van der Waals surface area (Å²) >= 11 is 0. The van der Waals surface area contributed by atoms with E-state index in [1.54, 1.807) is 19.0 Å². The number of nitrogens with one attached hydrogen (secondary N) is 1. The summed E-state index contributed by atoms with van der Waals surface area (Å²) in [5.41, 5.74) is 0. The Bertz CT molecular complexity index is 199. The quantitative estimate of drug-likeness (QED) is 0.703. The Hall–Kier alpha value is -0.610. The second-order valence-electron chi connectivity index (χ2n) is 4.59. The van der Waals surface area contributed by atoms with Gasteiger partial charge in [0.05, 0.1) is 12.6 Å². The lowest BCUT2D eigenvalue weighted by Crippen LogP contribution is -2.36. The van der Waals surface area contributed by atoms with Gasteiger partial charge >= 0.3 is 0 Å². The maximum Gasteiger partial charge on any atom is 0.236 e. The van der Waals surface area contributed by atoms with Crippen LogP contribution in [0.15, 0.2) is 0 Å². The summed E-state index contributed by atoms with van der Waals surface area (Å²) in [6.07, 6.45) is 3.88. The number of carbonyl (C=O) groups excluding carboxylic acids is 1. The molecule has 4 nitrogen and oxygen atoms in total. The van der Waals surface area contributed by atoms with E-state index in [9.17, 15) is 9.90 Å².